The molecule has 0 saturated heterocycles. The molecule has 1 aliphatic rings. The van der Waals surface area contributed by atoms with Crippen LogP contribution in [0.3, 0.4) is 0 Å². The zero-order chi connectivity index (χ0) is 10.1. The van der Waals surface area contributed by atoms with Gasteiger partial charge in [0.1, 0.15) is 0 Å². The molecule has 0 radical (unpaired) electrons. The van der Waals surface area contributed by atoms with Gasteiger partial charge in [0.15, 0.2) is 0 Å². The highest BCUT2D eigenvalue weighted by Crippen LogP contribution is 2.42. The molecule has 0 heterocycles. The van der Waals surface area contributed by atoms with Crippen molar-refractivity contribution in [3.05, 3.63) is 34.3 Å². The first-order valence-electron chi connectivity index (χ1n) is 4.95. The second kappa shape index (κ2) is 3.89. The van der Waals surface area contributed by atoms with Crippen LogP contribution in [0.2, 0.25) is 5.02 Å². The number of rotatable bonds is 3. The van der Waals surface area contributed by atoms with E-state index in [0.717, 1.165) is 16.1 Å². The fourth-order valence-corrected chi connectivity index (χ4v) is 2.06. The first-order chi connectivity index (χ1) is 6.74. The molecule has 1 fully saturated rings. The van der Waals surface area contributed by atoms with Crippen molar-refractivity contribution >= 4 is 11.6 Å². The number of aryl methyl sites for hydroxylation is 1. The summed E-state index contributed by atoms with van der Waals surface area (Å²) in [6.45, 7) is 2.02. The highest BCUT2D eigenvalue weighted by molar-refractivity contribution is 6.32. The van der Waals surface area contributed by atoms with E-state index in [0.29, 0.717) is 5.92 Å². The molecule has 2 nitrogen and oxygen atoms in total. The summed E-state index contributed by atoms with van der Waals surface area (Å²) >= 11 is 6.24. The van der Waals surface area contributed by atoms with Crippen LogP contribution in [-0.4, -0.2) is 0 Å². The minimum atomic E-state index is 0.224. The maximum atomic E-state index is 6.24. The SMILES string of the molecule is Cc1cccc(C(NN)C2CC2)c1Cl. The number of hydrogen-bond acceptors (Lipinski definition) is 2. The van der Waals surface area contributed by atoms with Crippen LogP contribution < -0.4 is 11.3 Å². The van der Waals surface area contributed by atoms with Crippen LogP contribution in [0.5, 0.6) is 0 Å². The molecule has 3 N–H and O–H groups in total. The normalized spacial score (nSPS) is 18.2. The Balaban J connectivity index is 2.33. The van der Waals surface area contributed by atoms with E-state index in [-0.39, 0.29) is 6.04 Å². The first-order valence-corrected chi connectivity index (χ1v) is 5.33. The van der Waals surface area contributed by atoms with Gasteiger partial charge in [-0.2, -0.15) is 0 Å². The van der Waals surface area contributed by atoms with Gasteiger partial charge in [-0.1, -0.05) is 29.8 Å². The summed E-state index contributed by atoms with van der Waals surface area (Å²) in [5, 5.41) is 0.849. The van der Waals surface area contributed by atoms with Gasteiger partial charge in [0, 0.05) is 5.02 Å². The molecule has 76 valence electrons. The second-order valence-corrected chi connectivity index (χ2v) is 4.34. The van der Waals surface area contributed by atoms with Crippen molar-refractivity contribution in [1.29, 1.82) is 0 Å². The lowest BCUT2D eigenvalue weighted by molar-refractivity contribution is 0.496. The number of nitrogens with two attached hydrogens (primary N) is 1. The van der Waals surface area contributed by atoms with Crippen molar-refractivity contribution in [2.24, 2.45) is 11.8 Å². The molecule has 1 aromatic rings. The quantitative estimate of drug-likeness (QED) is 0.595. The molecule has 0 spiro atoms. The average Bonchev–Trinajstić information content (AvgIpc) is 2.97. The monoisotopic (exact) mass is 210 g/mol. The van der Waals surface area contributed by atoms with Crippen molar-refractivity contribution in [3.8, 4) is 0 Å². The summed E-state index contributed by atoms with van der Waals surface area (Å²) in [5.41, 5.74) is 5.12. The molecule has 1 aliphatic carbocycles. The summed E-state index contributed by atoms with van der Waals surface area (Å²) in [6, 6.07) is 6.33. The number of hydrazine groups is 1. The van der Waals surface area contributed by atoms with Crippen LogP contribution in [-0.2, 0) is 0 Å². The Bertz CT molecular complexity index is 334. The van der Waals surface area contributed by atoms with Crippen LogP contribution in [0.4, 0.5) is 0 Å². The third kappa shape index (κ3) is 1.78. The van der Waals surface area contributed by atoms with Gasteiger partial charge in [-0.05, 0) is 36.8 Å². The van der Waals surface area contributed by atoms with Gasteiger partial charge >= 0.3 is 0 Å². The van der Waals surface area contributed by atoms with Crippen LogP contribution in [0.1, 0.15) is 30.0 Å². The van der Waals surface area contributed by atoms with Crippen LogP contribution >= 0.6 is 11.6 Å². The number of halogens is 1. The smallest absolute Gasteiger partial charge is 0.0502 e. The molecule has 3 heteroatoms. The summed E-state index contributed by atoms with van der Waals surface area (Å²) in [7, 11) is 0. The Morgan fingerprint density at radius 3 is 2.79 bits per heavy atom. The largest absolute Gasteiger partial charge is 0.271 e. The van der Waals surface area contributed by atoms with E-state index in [1.807, 2.05) is 19.1 Å². The predicted molar refractivity (Wildman–Crippen MR) is 59.0 cm³/mol. The highest BCUT2D eigenvalue weighted by Gasteiger charge is 2.32. The van der Waals surface area contributed by atoms with Gasteiger partial charge in [0.2, 0.25) is 0 Å². The van der Waals surface area contributed by atoms with E-state index in [1.54, 1.807) is 0 Å². The van der Waals surface area contributed by atoms with Crippen molar-refractivity contribution in [2.45, 2.75) is 25.8 Å². The van der Waals surface area contributed by atoms with Gasteiger partial charge in [0.25, 0.3) is 0 Å². The number of hydrogen-bond donors (Lipinski definition) is 2. The molecule has 1 saturated carbocycles. The molecule has 14 heavy (non-hydrogen) atoms. The zero-order valence-corrected chi connectivity index (χ0v) is 9.01. The first kappa shape index (κ1) is 9.97. The highest BCUT2D eigenvalue weighted by atomic mass is 35.5. The van der Waals surface area contributed by atoms with Crippen molar-refractivity contribution in [1.82, 2.24) is 5.43 Å². The van der Waals surface area contributed by atoms with Gasteiger partial charge in [-0.25, -0.2) is 0 Å². The summed E-state index contributed by atoms with van der Waals surface area (Å²) in [4.78, 5) is 0. The third-order valence-corrected chi connectivity index (χ3v) is 3.35. The van der Waals surface area contributed by atoms with Gasteiger partial charge in [0.05, 0.1) is 6.04 Å². The molecule has 1 unspecified atom stereocenters. The molecule has 2 rings (SSSR count). The summed E-state index contributed by atoms with van der Waals surface area (Å²) in [5.74, 6) is 6.22. The minimum Gasteiger partial charge on any atom is -0.271 e. The lowest BCUT2D eigenvalue weighted by atomic mass is 10.0. The van der Waals surface area contributed by atoms with E-state index in [1.165, 1.54) is 12.8 Å². The predicted octanol–water partition coefficient (Wildman–Crippen LogP) is 2.56. The Morgan fingerprint density at radius 1 is 1.50 bits per heavy atom. The average molecular weight is 211 g/mol. The summed E-state index contributed by atoms with van der Waals surface area (Å²) < 4.78 is 0. The van der Waals surface area contributed by atoms with E-state index < -0.39 is 0 Å². The molecule has 0 bridgehead atoms. The molecule has 0 aliphatic heterocycles. The second-order valence-electron chi connectivity index (χ2n) is 3.96. The van der Waals surface area contributed by atoms with Crippen molar-refractivity contribution < 1.29 is 0 Å². The lowest BCUT2D eigenvalue weighted by Gasteiger charge is -2.17. The van der Waals surface area contributed by atoms with Crippen LogP contribution in [0, 0.1) is 12.8 Å². The Hall–Kier alpha value is -0.570. The van der Waals surface area contributed by atoms with Crippen LogP contribution in [0.25, 0.3) is 0 Å². The zero-order valence-electron chi connectivity index (χ0n) is 8.26. The Morgan fingerprint density at radius 2 is 2.21 bits per heavy atom. The maximum absolute atomic E-state index is 6.24. The van der Waals surface area contributed by atoms with E-state index in [9.17, 15) is 0 Å². The van der Waals surface area contributed by atoms with E-state index in [2.05, 4.69) is 11.5 Å². The molecule has 0 aromatic heterocycles. The topological polar surface area (TPSA) is 38.0 Å². The third-order valence-electron chi connectivity index (χ3n) is 2.83. The van der Waals surface area contributed by atoms with E-state index in [4.69, 9.17) is 17.4 Å². The van der Waals surface area contributed by atoms with Crippen LogP contribution in [0.15, 0.2) is 18.2 Å². The summed E-state index contributed by atoms with van der Waals surface area (Å²) in [6.07, 6.45) is 2.50. The van der Waals surface area contributed by atoms with Gasteiger partial charge in [-0.15, -0.1) is 0 Å². The molecular formula is C11H15ClN2. The molecule has 0 amide bonds. The van der Waals surface area contributed by atoms with Crippen molar-refractivity contribution in [3.63, 3.8) is 0 Å². The van der Waals surface area contributed by atoms with E-state index >= 15 is 0 Å². The van der Waals surface area contributed by atoms with Gasteiger partial charge < -0.3 is 0 Å². The van der Waals surface area contributed by atoms with Crippen molar-refractivity contribution in [2.75, 3.05) is 0 Å². The number of nitrogens with one attached hydrogen (secondary N) is 1. The Labute approximate surface area is 89.4 Å². The fourth-order valence-electron chi connectivity index (χ4n) is 1.82. The lowest BCUT2D eigenvalue weighted by Crippen LogP contribution is -2.29. The minimum absolute atomic E-state index is 0.224. The molecule has 1 aromatic carbocycles. The standard InChI is InChI=1S/C11H15ClN2/c1-7-3-2-4-9(10(7)12)11(14-13)8-5-6-8/h2-4,8,11,14H,5-6,13H2,1H3. The molecule has 1 atom stereocenters. The molecular weight excluding hydrogens is 196 g/mol. The Kier molecular flexibility index (Phi) is 2.77. The van der Waals surface area contributed by atoms with Gasteiger partial charge in [-0.3, -0.25) is 11.3 Å². The fraction of sp³-hybridized carbons (Fsp3) is 0.455. The number of benzene rings is 1. The maximum Gasteiger partial charge on any atom is 0.0502 e.